The van der Waals surface area contributed by atoms with Crippen LogP contribution in [-0.2, 0) is 4.79 Å². The highest BCUT2D eigenvalue weighted by atomic mass is 16.3. The van der Waals surface area contributed by atoms with Crippen LogP contribution in [0, 0.1) is 0 Å². The summed E-state index contributed by atoms with van der Waals surface area (Å²) in [4.78, 5) is 12.5. The molecule has 0 aromatic rings. The molecule has 0 aliphatic rings. The van der Waals surface area contributed by atoms with Crippen molar-refractivity contribution in [3.63, 3.8) is 0 Å². The molecule has 3 unspecified atom stereocenters. The van der Waals surface area contributed by atoms with E-state index in [-0.39, 0.29) is 12.5 Å². The van der Waals surface area contributed by atoms with Gasteiger partial charge in [-0.15, -0.1) is 0 Å². The summed E-state index contributed by atoms with van der Waals surface area (Å²) in [5.74, 6) is -0.153. The minimum Gasteiger partial charge on any atom is -0.394 e. The fourth-order valence-electron chi connectivity index (χ4n) is 8.24. The zero-order valence-electron chi connectivity index (χ0n) is 39.2. The van der Waals surface area contributed by atoms with Gasteiger partial charge in [0.05, 0.1) is 18.8 Å². The number of allylic oxidation sites excluding steroid dienone is 4. The van der Waals surface area contributed by atoms with Gasteiger partial charge in [-0.2, -0.15) is 0 Å². The number of rotatable bonds is 48. The van der Waals surface area contributed by atoms with Crippen molar-refractivity contribution in [2.75, 3.05) is 6.61 Å². The molecule has 0 aromatic carbocycles. The van der Waals surface area contributed by atoms with Gasteiger partial charge in [0.2, 0.25) is 5.91 Å². The van der Waals surface area contributed by atoms with E-state index in [1.54, 1.807) is 0 Å². The van der Waals surface area contributed by atoms with Crippen molar-refractivity contribution in [1.29, 1.82) is 0 Å². The van der Waals surface area contributed by atoms with Crippen molar-refractivity contribution in [3.05, 3.63) is 24.3 Å². The van der Waals surface area contributed by atoms with E-state index in [4.69, 9.17) is 0 Å². The summed E-state index contributed by atoms with van der Waals surface area (Å²) in [6.07, 6.45) is 60.4. The number of aliphatic hydroxyl groups excluding tert-OH is 3. The molecule has 0 rings (SSSR count). The number of amides is 1. The van der Waals surface area contributed by atoms with E-state index in [2.05, 4.69) is 43.5 Å². The van der Waals surface area contributed by atoms with E-state index >= 15 is 0 Å². The summed E-state index contributed by atoms with van der Waals surface area (Å²) >= 11 is 0. The van der Waals surface area contributed by atoms with Crippen molar-refractivity contribution < 1.29 is 20.1 Å². The number of unbranched alkanes of at least 4 members (excludes halogenated alkanes) is 36. The molecule has 0 radical (unpaired) electrons. The van der Waals surface area contributed by atoms with E-state index in [0.717, 1.165) is 44.9 Å². The largest absolute Gasteiger partial charge is 0.394 e. The number of hydrogen-bond donors (Lipinski definition) is 4. The maximum absolute atomic E-state index is 12.5. The van der Waals surface area contributed by atoms with Crippen molar-refractivity contribution in [2.24, 2.45) is 0 Å². The molecule has 0 aliphatic carbocycles. The van der Waals surface area contributed by atoms with E-state index in [1.807, 2.05) is 0 Å². The number of carbonyl (C=O) groups is 1. The molecule has 0 aliphatic heterocycles. The van der Waals surface area contributed by atoms with E-state index in [9.17, 15) is 20.1 Å². The van der Waals surface area contributed by atoms with Gasteiger partial charge in [-0.05, 0) is 51.4 Å². The Morgan fingerprint density at radius 2 is 0.707 bits per heavy atom. The fraction of sp³-hybridized carbons (Fsp3) is 0.906. The Balaban J connectivity index is 3.54. The molecule has 1 amide bonds. The molecule has 3 atom stereocenters. The van der Waals surface area contributed by atoms with E-state index < -0.39 is 18.2 Å². The molecular formula is C53H103NO4. The molecule has 0 saturated heterocycles. The predicted molar refractivity (Wildman–Crippen MR) is 255 cm³/mol. The molecule has 0 bridgehead atoms. The molecule has 4 N–H and O–H groups in total. The van der Waals surface area contributed by atoms with Gasteiger partial charge < -0.3 is 20.6 Å². The zero-order valence-corrected chi connectivity index (χ0v) is 39.2. The molecule has 5 nitrogen and oxygen atoms in total. The van der Waals surface area contributed by atoms with Crippen LogP contribution in [0.2, 0.25) is 0 Å². The molecule has 0 saturated carbocycles. The third-order valence-corrected chi connectivity index (χ3v) is 12.3. The molecule has 0 fully saturated rings. The average Bonchev–Trinajstić information content (AvgIpc) is 3.23. The monoisotopic (exact) mass is 818 g/mol. The summed E-state index contributed by atoms with van der Waals surface area (Å²) in [7, 11) is 0. The lowest BCUT2D eigenvalue weighted by molar-refractivity contribution is -0.124. The smallest absolute Gasteiger partial charge is 0.220 e. The summed E-state index contributed by atoms with van der Waals surface area (Å²) in [5, 5.41) is 33.6. The van der Waals surface area contributed by atoms with E-state index in [1.165, 1.54) is 212 Å². The Bertz CT molecular complexity index is 859. The van der Waals surface area contributed by atoms with Gasteiger partial charge in [0.25, 0.3) is 0 Å². The Hall–Kier alpha value is -1.17. The van der Waals surface area contributed by atoms with Crippen LogP contribution >= 0.6 is 0 Å². The standard InChI is InChI=1S/C53H103NO4/c1-3-5-7-9-11-13-15-17-19-21-22-23-24-25-26-27-28-29-30-31-32-34-36-38-40-42-44-46-48-52(57)54-50(49-55)53(58)51(56)47-45-43-41-39-37-35-33-20-18-16-14-12-10-8-6-4-2/h20,33,39,41,50-51,53,55-56,58H,3-19,21-32,34-38,40,42-49H2,1-2H3,(H,54,57)/b33-20+,41-39+. The number of carbonyl (C=O) groups excluding carboxylic acids is 1. The lowest BCUT2D eigenvalue weighted by Crippen LogP contribution is -2.50. The molecule has 344 valence electrons. The second-order valence-electron chi connectivity index (χ2n) is 18.1. The molecule has 0 aromatic heterocycles. The molecule has 0 heterocycles. The SMILES string of the molecule is CCCCCCCCC/C=C/CC/C=C/CCCC(O)C(O)C(CO)NC(=O)CCCCCCCCCCCCCCCCCCCCCCCCCCCCCC. The lowest BCUT2D eigenvalue weighted by atomic mass is 10.0. The van der Waals surface area contributed by atoms with E-state index in [0.29, 0.717) is 12.8 Å². The molecule has 5 heteroatoms. The fourth-order valence-corrected chi connectivity index (χ4v) is 8.24. The topological polar surface area (TPSA) is 89.8 Å². The normalized spacial score (nSPS) is 13.5. The van der Waals surface area contributed by atoms with Gasteiger partial charge in [0.1, 0.15) is 6.10 Å². The van der Waals surface area contributed by atoms with Crippen molar-refractivity contribution in [3.8, 4) is 0 Å². The number of hydrogen-bond acceptors (Lipinski definition) is 4. The zero-order chi connectivity index (χ0) is 42.3. The summed E-state index contributed by atoms with van der Waals surface area (Å²) in [6, 6.07) is -0.829. The maximum atomic E-state index is 12.5. The van der Waals surface area contributed by atoms with Crippen LogP contribution in [-0.4, -0.2) is 46.1 Å². The van der Waals surface area contributed by atoms with Crippen LogP contribution < -0.4 is 5.32 Å². The van der Waals surface area contributed by atoms with Crippen LogP contribution in [0.4, 0.5) is 0 Å². The highest BCUT2D eigenvalue weighted by molar-refractivity contribution is 5.76. The second kappa shape index (κ2) is 48.5. The van der Waals surface area contributed by atoms with Gasteiger partial charge in [0, 0.05) is 6.42 Å². The summed E-state index contributed by atoms with van der Waals surface area (Å²) in [6.45, 7) is 4.18. The van der Waals surface area contributed by atoms with Crippen LogP contribution in [0.1, 0.15) is 284 Å². The van der Waals surface area contributed by atoms with Crippen LogP contribution in [0.25, 0.3) is 0 Å². The van der Waals surface area contributed by atoms with Crippen molar-refractivity contribution in [2.45, 2.75) is 302 Å². The summed E-state index contributed by atoms with van der Waals surface area (Å²) < 4.78 is 0. The van der Waals surface area contributed by atoms with Crippen LogP contribution in [0.15, 0.2) is 24.3 Å². The van der Waals surface area contributed by atoms with Crippen molar-refractivity contribution >= 4 is 5.91 Å². The predicted octanol–water partition coefficient (Wildman–Crippen LogP) is 15.7. The lowest BCUT2D eigenvalue weighted by Gasteiger charge is -2.26. The highest BCUT2D eigenvalue weighted by Crippen LogP contribution is 2.17. The van der Waals surface area contributed by atoms with Crippen molar-refractivity contribution in [1.82, 2.24) is 5.32 Å². The molecular weight excluding hydrogens is 715 g/mol. The van der Waals surface area contributed by atoms with Crippen LogP contribution in [0.5, 0.6) is 0 Å². The summed E-state index contributed by atoms with van der Waals surface area (Å²) in [5.41, 5.74) is 0. The first-order valence-electron chi connectivity index (χ1n) is 26.1. The third-order valence-electron chi connectivity index (χ3n) is 12.3. The van der Waals surface area contributed by atoms with Gasteiger partial charge in [-0.3, -0.25) is 4.79 Å². The minimum absolute atomic E-state index is 0.153. The van der Waals surface area contributed by atoms with Gasteiger partial charge in [-0.25, -0.2) is 0 Å². The van der Waals surface area contributed by atoms with Gasteiger partial charge >= 0.3 is 0 Å². The molecule has 0 spiro atoms. The Morgan fingerprint density at radius 1 is 0.414 bits per heavy atom. The first kappa shape index (κ1) is 56.8. The maximum Gasteiger partial charge on any atom is 0.220 e. The average molecular weight is 818 g/mol. The second-order valence-corrected chi connectivity index (χ2v) is 18.1. The Labute approximate surface area is 362 Å². The quantitative estimate of drug-likeness (QED) is 0.0364. The Kier molecular flexibility index (Phi) is 47.5. The number of nitrogens with one attached hydrogen (secondary N) is 1. The Morgan fingerprint density at radius 3 is 1.05 bits per heavy atom. The number of aliphatic hydroxyl groups is 3. The third kappa shape index (κ3) is 42.9. The van der Waals surface area contributed by atoms with Gasteiger partial charge in [0.15, 0.2) is 0 Å². The first-order valence-corrected chi connectivity index (χ1v) is 26.1. The van der Waals surface area contributed by atoms with Gasteiger partial charge in [-0.1, -0.05) is 250 Å². The highest BCUT2D eigenvalue weighted by Gasteiger charge is 2.26. The minimum atomic E-state index is -1.16. The molecule has 58 heavy (non-hydrogen) atoms. The van der Waals surface area contributed by atoms with Crippen LogP contribution in [0.3, 0.4) is 0 Å². The first-order chi connectivity index (χ1) is 28.6.